The van der Waals surface area contributed by atoms with Gasteiger partial charge in [-0.1, -0.05) is 12.1 Å². The molecule has 202 valence electrons. The van der Waals surface area contributed by atoms with E-state index in [-0.39, 0.29) is 17.6 Å². The molecule has 7 heteroatoms. The van der Waals surface area contributed by atoms with E-state index in [1.807, 2.05) is 25.2 Å². The Kier molecular flexibility index (Phi) is 8.73. The Morgan fingerprint density at radius 2 is 1.92 bits per heavy atom. The summed E-state index contributed by atoms with van der Waals surface area (Å²) in [7, 11) is 1.86. The number of likely N-dealkylation sites (N-methyl/N-ethyl adjacent to an activating group) is 1. The number of nitrogens with zero attached hydrogens (tertiary/aromatic N) is 4. The number of hydrogen-bond acceptors (Lipinski definition) is 5. The number of likely N-dealkylation sites (tertiary alicyclic amines) is 1. The molecule has 6 nitrogen and oxygen atoms in total. The van der Waals surface area contributed by atoms with Crippen LogP contribution in [0.15, 0.2) is 36.4 Å². The van der Waals surface area contributed by atoms with Crippen molar-refractivity contribution < 1.29 is 13.9 Å². The van der Waals surface area contributed by atoms with Gasteiger partial charge in [-0.25, -0.2) is 4.39 Å². The van der Waals surface area contributed by atoms with Crippen molar-refractivity contribution >= 4 is 5.91 Å². The van der Waals surface area contributed by atoms with Crippen molar-refractivity contribution in [3.63, 3.8) is 0 Å². The zero-order valence-corrected chi connectivity index (χ0v) is 22.5. The van der Waals surface area contributed by atoms with Crippen molar-refractivity contribution in [1.29, 1.82) is 5.26 Å². The molecule has 1 aliphatic carbocycles. The molecule has 2 saturated heterocycles. The third kappa shape index (κ3) is 6.26. The van der Waals surface area contributed by atoms with E-state index in [0.29, 0.717) is 23.7 Å². The van der Waals surface area contributed by atoms with Gasteiger partial charge in [-0.15, -0.1) is 0 Å². The molecule has 38 heavy (non-hydrogen) atoms. The van der Waals surface area contributed by atoms with Crippen LogP contribution in [0.4, 0.5) is 4.39 Å². The molecular formula is C31H39FN4O2. The first-order valence-electron chi connectivity index (χ1n) is 14.1. The van der Waals surface area contributed by atoms with Crippen LogP contribution in [0.3, 0.4) is 0 Å². The minimum absolute atomic E-state index is 0.0280. The van der Waals surface area contributed by atoms with Crippen LogP contribution in [0.2, 0.25) is 0 Å². The molecule has 1 amide bonds. The lowest BCUT2D eigenvalue weighted by Crippen LogP contribution is -2.60. The van der Waals surface area contributed by atoms with Crippen molar-refractivity contribution in [3.8, 4) is 6.07 Å². The van der Waals surface area contributed by atoms with E-state index in [1.165, 1.54) is 12.1 Å². The first-order chi connectivity index (χ1) is 18.5. The molecule has 0 saturated carbocycles. The Balaban J connectivity index is 1.25. The van der Waals surface area contributed by atoms with Gasteiger partial charge in [-0.2, -0.15) is 5.26 Å². The molecule has 3 aliphatic rings. The first kappa shape index (κ1) is 26.8. The fraction of sp³-hybridized carbons (Fsp3) is 0.548. The summed E-state index contributed by atoms with van der Waals surface area (Å²) in [6, 6.07) is 13.3. The minimum atomic E-state index is -0.246. The van der Waals surface area contributed by atoms with E-state index in [9.17, 15) is 14.4 Å². The van der Waals surface area contributed by atoms with E-state index in [0.717, 1.165) is 101 Å². The van der Waals surface area contributed by atoms with Gasteiger partial charge in [0, 0.05) is 63.9 Å². The predicted molar refractivity (Wildman–Crippen MR) is 146 cm³/mol. The zero-order valence-electron chi connectivity index (χ0n) is 22.5. The number of fused-ring (bicyclic) bond motifs is 1. The van der Waals surface area contributed by atoms with Gasteiger partial charge in [-0.3, -0.25) is 9.69 Å². The van der Waals surface area contributed by atoms with Crippen LogP contribution in [-0.4, -0.2) is 86.2 Å². The molecule has 0 unspecified atom stereocenters. The van der Waals surface area contributed by atoms with Gasteiger partial charge >= 0.3 is 0 Å². The fourth-order valence-corrected chi connectivity index (χ4v) is 6.27. The average Bonchev–Trinajstić information content (AvgIpc) is 3.20. The van der Waals surface area contributed by atoms with Crippen LogP contribution in [0.1, 0.15) is 64.2 Å². The summed E-state index contributed by atoms with van der Waals surface area (Å²) in [5, 5.41) is 9.55. The number of aryl methyl sites for hydroxylation is 1. The van der Waals surface area contributed by atoms with E-state index in [2.05, 4.69) is 15.9 Å². The molecule has 0 bridgehead atoms. The van der Waals surface area contributed by atoms with Gasteiger partial charge in [0.05, 0.1) is 18.2 Å². The molecule has 0 radical (unpaired) electrons. The Morgan fingerprint density at radius 3 is 2.71 bits per heavy atom. The Hall–Kier alpha value is -2.79. The molecular weight excluding hydrogens is 479 g/mol. The van der Waals surface area contributed by atoms with Crippen LogP contribution in [-0.2, 0) is 17.6 Å². The second kappa shape index (κ2) is 12.4. The summed E-state index contributed by atoms with van der Waals surface area (Å²) in [5.74, 6) is -0.172. The summed E-state index contributed by atoms with van der Waals surface area (Å²) in [6.45, 7) is 7.45. The lowest BCUT2D eigenvalue weighted by molar-refractivity contribution is 0.0295. The number of carbonyl (C=O) groups is 1. The van der Waals surface area contributed by atoms with Crippen molar-refractivity contribution in [2.75, 3.05) is 59.5 Å². The van der Waals surface area contributed by atoms with Gasteiger partial charge in [0.25, 0.3) is 5.91 Å². The van der Waals surface area contributed by atoms with Crippen LogP contribution in [0.25, 0.3) is 0 Å². The van der Waals surface area contributed by atoms with E-state index >= 15 is 0 Å². The Labute approximate surface area is 226 Å². The summed E-state index contributed by atoms with van der Waals surface area (Å²) in [5.41, 5.74) is 4.54. The topological polar surface area (TPSA) is 59.8 Å². The third-order valence-electron chi connectivity index (χ3n) is 8.51. The summed E-state index contributed by atoms with van der Waals surface area (Å²) >= 11 is 0. The Bertz CT molecular complexity index is 1150. The van der Waals surface area contributed by atoms with Crippen molar-refractivity contribution in [3.05, 3.63) is 70.0 Å². The maximum Gasteiger partial charge on any atom is 0.253 e. The number of amides is 1. The van der Waals surface area contributed by atoms with Crippen LogP contribution < -0.4 is 0 Å². The van der Waals surface area contributed by atoms with Crippen molar-refractivity contribution in [1.82, 2.24) is 14.7 Å². The maximum absolute atomic E-state index is 13.7. The molecule has 0 aromatic heterocycles. The highest BCUT2D eigenvalue weighted by atomic mass is 19.1. The number of hydrogen-bond donors (Lipinski definition) is 0. The Morgan fingerprint density at radius 1 is 1.13 bits per heavy atom. The standard InChI is InChI=1S/C31H39FN4O2/c1-34(31(37)30-18-23(19-33)17-25-5-2-3-6-29(25)30)20-26(24-7-9-27(32)10-8-24)11-13-35-21-28(22-35)36-12-4-15-38-16-14-36/h7-10,17-18,26,28H,2-6,11-16,20-22H2,1H3/t26-/m1/s1. The smallest absolute Gasteiger partial charge is 0.253 e. The third-order valence-corrected chi connectivity index (χ3v) is 8.51. The molecule has 2 aliphatic heterocycles. The largest absolute Gasteiger partial charge is 0.380 e. The van der Waals surface area contributed by atoms with Gasteiger partial charge in [0.1, 0.15) is 5.82 Å². The SMILES string of the molecule is CN(C[C@@H](CCN1CC(N2CCCOCC2)C1)c1ccc(F)cc1)C(=O)c1cc(C#N)cc2c1CCCC2. The second-order valence-corrected chi connectivity index (χ2v) is 11.1. The second-order valence-electron chi connectivity index (χ2n) is 11.1. The highest BCUT2D eigenvalue weighted by molar-refractivity contribution is 5.96. The maximum atomic E-state index is 13.7. The molecule has 1 atom stereocenters. The molecule has 2 aromatic rings. The molecule has 2 heterocycles. The highest BCUT2D eigenvalue weighted by Gasteiger charge is 2.32. The number of nitriles is 1. The van der Waals surface area contributed by atoms with E-state index < -0.39 is 0 Å². The van der Waals surface area contributed by atoms with Gasteiger partial charge in [0.15, 0.2) is 0 Å². The molecule has 5 rings (SSSR count). The predicted octanol–water partition coefficient (Wildman–Crippen LogP) is 4.23. The first-order valence-corrected chi connectivity index (χ1v) is 14.1. The van der Waals surface area contributed by atoms with Gasteiger partial charge in [0.2, 0.25) is 0 Å². The highest BCUT2D eigenvalue weighted by Crippen LogP contribution is 2.29. The molecule has 0 N–H and O–H groups in total. The minimum Gasteiger partial charge on any atom is -0.380 e. The van der Waals surface area contributed by atoms with E-state index in [4.69, 9.17) is 4.74 Å². The lowest BCUT2D eigenvalue weighted by Gasteiger charge is -2.45. The van der Waals surface area contributed by atoms with E-state index in [1.54, 1.807) is 11.0 Å². The quantitative estimate of drug-likeness (QED) is 0.524. The average molecular weight is 519 g/mol. The summed E-state index contributed by atoms with van der Waals surface area (Å²) < 4.78 is 19.3. The number of rotatable bonds is 8. The number of halogens is 1. The van der Waals surface area contributed by atoms with Crippen LogP contribution in [0.5, 0.6) is 0 Å². The number of benzene rings is 2. The van der Waals surface area contributed by atoms with Gasteiger partial charge in [-0.05, 0) is 86.0 Å². The summed E-state index contributed by atoms with van der Waals surface area (Å²) in [6.07, 6.45) is 5.98. The van der Waals surface area contributed by atoms with Gasteiger partial charge < -0.3 is 14.5 Å². The van der Waals surface area contributed by atoms with Crippen molar-refractivity contribution in [2.24, 2.45) is 0 Å². The zero-order chi connectivity index (χ0) is 26.5. The number of ether oxygens (including phenoxy) is 1. The molecule has 2 aromatic carbocycles. The van der Waals surface area contributed by atoms with Crippen LogP contribution in [0, 0.1) is 17.1 Å². The fourth-order valence-electron chi connectivity index (χ4n) is 6.27. The normalized spacial score (nSPS) is 19.6. The van der Waals surface area contributed by atoms with Crippen LogP contribution >= 0.6 is 0 Å². The summed E-state index contributed by atoms with van der Waals surface area (Å²) in [4.78, 5) is 20.5. The molecule has 2 fully saturated rings. The lowest BCUT2D eigenvalue weighted by atomic mass is 9.86. The number of carbonyl (C=O) groups excluding carboxylic acids is 1. The monoisotopic (exact) mass is 518 g/mol. The van der Waals surface area contributed by atoms with Crippen molar-refractivity contribution in [2.45, 2.75) is 50.5 Å². The molecule has 0 spiro atoms.